The number of nitrogens with zero attached hydrogens (tertiary/aromatic N) is 2. The van der Waals surface area contributed by atoms with Gasteiger partial charge in [0.2, 0.25) is 0 Å². The number of aromatic nitrogens is 3. The van der Waals surface area contributed by atoms with Crippen molar-refractivity contribution in [3.8, 4) is 11.5 Å². The molecule has 0 radical (unpaired) electrons. The molecular weight excluding hydrogens is 238 g/mol. The van der Waals surface area contributed by atoms with Gasteiger partial charge in [-0.05, 0) is 25.0 Å². The zero-order valence-corrected chi connectivity index (χ0v) is 9.74. The molecule has 0 bridgehead atoms. The topological polar surface area (TPSA) is 58.6 Å². The summed E-state index contributed by atoms with van der Waals surface area (Å²) in [7, 11) is 0. The van der Waals surface area contributed by atoms with Crippen molar-refractivity contribution >= 4 is 11.6 Å². The quantitative estimate of drug-likeness (QED) is 0.886. The molecule has 2 aromatic heterocycles. The average molecular weight is 248 g/mol. The second-order valence-electron chi connectivity index (χ2n) is 4.15. The Labute approximate surface area is 103 Å². The van der Waals surface area contributed by atoms with E-state index >= 15 is 0 Å². The van der Waals surface area contributed by atoms with Gasteiger partial charge in [-0.25, -0.2) is 4.98 Å². The maximum atomic E-state index is 11.5. The maximum absolute atomic E-state index is 11.5. The predicted octanol–water partition coefficient (Wildman–Crippen LogP) is 2.36. The fourth-order valence-corrected chi connectivity index (χ4v) is 1.81. The first-order valence-corrected chi connectivity index (χ1v) is 5.83. The van der Waals surface area contributed by atoms with Crippen molar-refractivity contribution in [1.82, 2.24) is 15.0 Å². The Morgan fingerprint density at radius 1 is 1.35 bits per heavy atom. The lowest BCUT2D eigenvalue weighted by Crippen LogP contribution is -2.10. The van der Waals surface area contributed by atoms with Gasteiger partial charge < -0.3 is 4.98 Å². The lowest BCUT2D eigenvalue weighted by molar-refractivity contribution is 0.970. The maximum Gasteiger partial charge on any atom is 0.251 e. The van der Waals surface area contributed by atoms with Gasteiger partial charge in [-0.1, -0.05) is 11.6 Å². The van der Waals surface area contributed by atoms with Crippen LogP contribution in [0.3, 0.4) is 0 Å². The Bertz CT molecular complexity index is 602. The zero-order valence-electron chi connectivity index (χ0n) is 8.98. The van der Waals surface area contributed by atoms with Gasteiger partial charge in [-0.15, -0.1) is 0 Å². The van der Waals surface area contributed by atoms with Crippen LogP contribution in [0.25, 0.3) is 11.5 Å². The van der Waals surface area contributed by atoms with Crippen molar-refractivity contribution < 1.29 is 0 Å². The van der Waals surface area contributed by atoms with Crippen LogP contribution in [0.15, 0.2) is 29.2 Å². The van der Waals surface area contributed by atoms with Crippen LogP contribution >= 0.6 is 11.6 Å². The van der Waals surface area contributed by atoms with Gasteiger partial charge in [0.1, 0.15) is 5.69 Å². The van der Waals surface area contributed by atoms with Crippen molar-refractivity contribution in [3.05, 3.63) is 45.5 Å². The van der Waals surface area contributed by atoms with E-state index in [2.05, 4.69) is 15.0 Å². The summed E-state index contributed by atoms with van der Waals surface area (Å²) in [6.45, 7) is 0. The van der Waals surface area contributed by atoms with Gasteiger partial charge in [-0.2, -0.15) is 0 Å². The lowest BCUT2D eigenvalue weighted by Gasteiger charge is -2.02. The summed E-state index contributed by atoms with van der Waals surface area (Å²) in [6, 6.07) is 5.04. The highest BCUT2D eigenvalue weighted by molar-refractivity contribution is 6.30. The largest absolute Gasteiger partial charge is 0.305 e. The highest BCUT2D eigenvalue weighted by Gasteiger charge is 2.26. The van der Waals surface area contributed by atoms with E-state index in [1.165, 1.54) is 0 Å². The minimum atomic E-state index is -0.131. The molecule has 0 unspecified atom stereocenters. The van der Waals surface area contributed by atoms with Crippen molar-refractivity contribution in [1.29, 1.82) is 0 Å². The Hall–Kier alpha value is -1.68. The molecule has 1 fully saturated rings. The molecule has 0 atom stereocenters. The highest BCUT2D eigenvalue weighted by atomic mass is 35.5. The minimum Gasteiger partial charge on any atom is -0.305 e. The number of hydrogen-bond acceptors (Lipinski definition) is 3. The van der Waals surface area contributed by atoms with Crippen molar-refractivity contribution in [2.75, 3.05) is 0 Å². The Kier molecular flexibility index (Phi) is 2.44. The molecule has 5 heteroatoms. The van der Waals surface area contributed by atoms with E-state index in [4.69, 9.17) is 11.6 Å². The summed E-state index contributed by atoms with van der Waals surface area (Å²) in [5.74, 6) is 0.958. The monoisotopic (exact) mass is 247 g/mol. The van der Waals surface area contributed by atoms with Gasteiger partial charge >= 0.3 is 0 Å². The summed E-state index contributed by atoms with van der Waals surface area (Å²) in [5.41, 5.74) is 1.36. The summed E-state index contributed by atoms with van der Waals surface area (Å²) >= 11 is 5.77. The summed E-state index contributed by atoms with van der Waals surface area (Å²) in [5, 5.41) is 0.564. The van der Waals surface area contributed by atoms with E-state index in [0.717, 1.165) is 18.5 Å². The van der Waals surface area contributed by atoms with Crippen LogP contribution in [0.1, 0.15) is 24.5 Å². The first kappa shape index (κ1) is 10.5. The molecular formula is C12H10ClN3O. The van der Waals surface area contributed by atoms with Crippen LogP contribution in [0.5, 0.6) is 0 Å². The smallest absolute Gasteiger partial charge is 0.251 e. The molecule has 2 aromatic rings. The second kappa shape index (κ2) is 3.96. The minimum absolute atomic E-state index is 0.131. The number of nitrogens with one attached hydrogen (secondary N) is 1. The van der Waals surface area contributed by atoms with Crippen molar-refractivity contribution in [2.24, 2.45) is 0 Å². The normalized spacial score (nSPS) is 14.9. The predicted molar refractivity (Wildman–Crippen MR) is 65.1 cm³/mol. The van der Waals surface area contributed by atoms with Gasteiger partial charge in [0.15, 0.2) is 5.82 Å². The fourth-order valence-electron chi connectivity index (χ4n) is 1.70. The van der Waals surface area contributed by atoms with Crippen LogP contribution in [0.4, 0.5) is 0 Å². The standard InChI is InChI=1S/C12H10ClN3O/c13-8-3-4-9(14-6-8)12-15-10(7-1-2-7)5-11(17)16-12/h3-7H,1-2H2,(H,15,16,17). The first-order valence-electron chi connectivity index (χ1n) is 5.45. The molecule has 0 aliphatic heterocycles. The van der Waals surface area contributed by atoms with E-state index in [1.54, 1.807) is 24.4 Å². The molecule has 2 heterocycles. The molecule has 0 aromatic carbocycles. The molecule has 1 aliphatic carbocycles. The molecule has 1 aliphatic rings. The second-order valence-corrected chi connectivity index (χ2v) is 4.59. The molecule has 17 heavy (non-hydrogen) atoms. The van der Waals surface area contributed by atoms with E-state index in [0.29, 0.717) is 22.5 Å². The van der Waals surface area contributed by atoms with Crippen LogP contribution in [0, 0.1) is 0 Å². The van der Waals surface area contributed by atoms with E-state index in [1.807, 2.05) is 0 Å². The van der Waals surface area contributed by atoms with Crippen molar-refractivity contribution in [2.45, 2.75) is 18.8 Å². The third-order valence-corrected chi connectivity index (χ3v) is 2.95. The van der Waals surface area contributed by atoms with Gasteiger partial charge in [0.05, 0.1) is 10.7 Å². The van der Waals surface area contributed by atoms with Crippen LogP contribution < -0.4 is 5.56 Å². The molecule has 0 amide bonds. The zero-order chi connectivity index (χ0) is 11.8. The molecule has 4 nitrogen and oxygen atoms in total. The molecule has 3 rings (SSSR count). The Morgan fingerprint density at radius 3 is 2.82 bits per heavy atom. The third-order valence-electron chi connectivity index (χ3n) is 2.73. The molecule has 0 saturated heterocycles. The fraction of sp³-hybridized carbons (Fsp3) is 0.250. The Balaban J connectivity index is 2.07. The average Bonchev–Trinajstić information content (AvgIpc) is 3.13. The van der Waals surface area contributed by atoms with Crippen LogP contribution in [-0.4, -0.2) is 15.0 Å². The third kappa shape index (κ3) is 2.22. The molecule has 86 valence electrons. The van der Waals surface area contributed by atoms with E-state index in [9.17, 15) is 4.79 Å². The highest BCUT2D eigenvalue weighted by Crippen LogP contribution is 2.38. The number of rotatable bonds is 2. The van der Waals surface area contributed by atoms with Crippen molar-refractivity contribution in [3.63, 3.8) is 0 Å². The summed E-state index contributed by atoms with van der Waals surface area (Å²) in [4.78, 5) is 22.8. The number of halogens is 1. The summed E-state index contributed by atoms with van der Waals surface area (Å²) in [6.07, 6.45) is 3.77. The number of H-pyrrole nitrogens is 1. The SMILES string of the molecule is O=c1cc(C2CC2)nc(-c2ccc(Cl)cn2)[nH]1. The number of aromatic amines is 1. The number of hydrogen-bond donors (Lipinski definition) is 1. The lowest BCUT2D eigenvalue weighted by atomic mass is 10.2. The van der Waals surface area contributed by atoms with E-state index < -0.39 is 0 Å². The first-order chi connectivity index (χ1) is 8.22. The van der Waals surface area contributed by atoms with Gasteiger partial charge in [0, 0.05) is 18.2 Å². The van der Waals surface area contributed by atoms with Gasteiger partial charge in [0.25, 0.3) is 5.56 Å². The Morgan fingerprint density at radius 2 is 2.18 bits per heavy atom. The van der Waals surface area contributed by atoms with Gasteiger partial charge in [-0.3, -0.25) is 9.78 Å². The molecule has 0 spiro atoms. The summed E-state index contributed by atoms with van der Waals surface area (Å²) < 4.78 is 0. The van der Waals surface area contributed by atoms with Crippen LogP contribution in [0.2, 0.25) is 5.02 Å². The molecule has 1 N–H and O–H groups in total. The number of pyridine rings is 1. The molecule has 1 saturated carbocycles. The van der Waals surface area contributed by atoms with Crippen LogP contribution in [-0.2, 0) is 0 Å². The van der Waals surface area contributed by atoms with E-state index in [-0.39, 0.29) is 5.56 Å².